The molecule has 0 saturated heterocycles. The van der Waals surface area contributed by atoms with Gasteiger partial charge in [-0.2, -0.15) is 13.2 Å². The molecule has 0 radical (unpaired) electrons. The molecule has 132 valence electrons. The Morgan fingerprint density at radius 3 is 2.16 bits per heavy atom. The van der Waals surface area contributed by atoms with Crippen LogP contribution in [-0.2, 0) is 20.5 Å². The summed E-state index contributed by atoms with van der Waals surface area (Å²) in [6.45, 7) is -0.935. The Labute approximate surface area is 141 Å². The van der Waals surface area contributed by atoms with Crippen molar-refractivity contribution in [2.24, 2.45) is 0 Å². The monoisotopic (exact) mass is 353 g/mol. The Morgan fingerprint density at radius 1 is 0.920 bits per heavy atom. The van der Waals surface area contributed by atoms with Crippen molar-refractivity contribution in [3.63, 3.8) is 0 Å². The molecule has 8 heteroatoms. The molecule has 25 heavy (non-hydrogen) atoms. The molecular weight excluding hydrogens is 339 g/mol. The van der Waals surface area contributed by atoms with Gasteiger partial charge in [0.05, 0.1) is 5.56 Å². The molecule has 0 saturated carbocycles. The molecule has 0 aromatic heterocycles. The summed E-state index contributed by atoms with van der Waals surface area (Å²) in [7, 11) is 0. The fraction of sp³-hybridized carbons (Fsp3) is 0.176. The first kappa shape index (κ1) is 18.3. The number of alkyl halides is 3. The van der Waals surface area contributed by atoms with E-state index in [2.05, 4.69) is 5.32 Å². The van der Waals surface area contributed by atoms with E-state index in [1.807, 2.05) is 0 Å². The van der Waals surface area contributed by atoms with Gasteiger partial charge in [-0.05, 0) is 36.4 Å². The van der Waals surface area contributed by atoms with Crippen molar-refractivity contribution < 1.29 is 32.2 Å². The van der Waals surface area contributed by atoms with Gasteiger partial charge in [0.15, 0.2) is 13.2 Å². The summed E-state index contributed by atoms with van der Waals surface area (Å²) in [5.41, 5.74) is -0.662. The van der Waals surface area contributed by atoms with E-state index in [0.29, 0.717) is 5.75 Å². The molecule has 2 aromatic rings. The van der Waals surface area contributed by atoms with Gasteiger partial charge in [0.2, 0.25) is 0 Å². The lowest BCUT2D eigenvalue weighted by atomic mass is 10.2. The maximum absolute atomic E-state index is 12.4. The number of nitrogens with one attached hydrogen (secondary N) is 1. The number of ether oxygens (including phenoxy) is 2. The van der Waals surface area contributed by atoms with Crippen LogP contribution in [0.4, 0.5) is 18.9 Å². The summed E-state index contributed by atoms with van der Waals surface area (Å²) >= 11 is 0. The summed E-state index contributed by atoms with van der Waals surface area (Å²) in [5, 5.41) is 2.33. The van der Waals surface area contributed by atoms with Crippen LogP contribution in [0.25, 0.3) is 0 Å². The first-order valence-electron chi connectivity index (χ1n) is 7.15. The number of esters is 1. The van der Waals surface area contributed by atoms with Crippen molar-refractivity contribution in [1.29, 1.82) is 0 Å². The highest BCUT2D eigenvalue weighted by molar-refractivity contribution is 5.92. The van der Waals surface area contributed by atoms with Gasteiger partial charge in [-0.25, -0.2) is 4.79 Å². The molecule has 0 aliphatic heterocycles. The highest BCUT2D eigenvalue weighted by atomic mass is 19.4. The van der Waals surface area contributed by atoms with Crippen LogP contribution in [0.3, 0.4) is 0 Å². The van der Waals surface area contributed by atoms with Crippen LogP contribution in [0.15, 0.2) is 54.6 Å². The Morgan fingerprint density at radius 2 is 1.56 bits per heavy atom. The number of benzene rings is 2. The third kappa shape index (κ3) is 6.17. The van der Waals surface area contributed by atoms with Gasteiger partial charge in [0.25, 0.3) is 5.91 Å². The first-order valence-corrected chi connectivity index (χ1v) is 7.15. The standard InChI is InChI=1S/C17H14F3NO4/c18-17(19,20)12-6-8-13(9-7-12)21-15(22)10-25-16(23)11-24-14-4-2-1-3-5-14/h1-9H,10-11H2,(H,21,22). The van der Waals surface area contributed by atoms with E-state index in [9.17, 15) is 22.8 Å². The van der Waals surface area contributed by atoms with Gasteiger partial charge in [0, 0.05) is 5.69 Å². The van der Waals surface area contributed by atoms with Crippen LogP contribution in [0.5, 0.6) is 5.75 Å². The van der Waals surface area contributed by atoms with E-state index in [-0.39, 0.29) is 12.3 Å². The molecule has 1 amide bonds. The average molecular weight is 353 g/mol. The Kier molecular flexibility index (Phi) is 5.99. The molecule has 0 spiro atoms. The van der Waals surface area contributed by atoms with Crippen LogP contribution in [0.2, 0.25) is 0 Å². The molecule has 0 atom stereocenters. The van der Waals surface area contributed by atoms with Gasteiger partial charge in [0.1, 0.15) is 5.75 Å². The summed E-state index contributed by atoms with van der Waals surface area (Å²) in [6, 6.07) is 12.5. The maximum atomic E-state index is 12.4. The van der Waals surface area contributed by atoms with Gasteiger partial charge in [-0.3, -0.25) is 4.79 Å². The molecule has 0 aliphatic rings. The predicted molar refractivity (Wildman–Crippen MR) is 83.0 cm³/mol. The lowest BCUT2D eigenvalue weighted by Gasteiger charge is -2.09. The molecule has 0 unspecified atom stereocenters. The Balaban J connectivity index is 1.74. The molecule has 0 aliphatic carbocycles. The zero-order valence-corrected chi connectivity index (χ0v) is 12.9. The highest BCUT2D eigenvalue weighted by Crippen LogP contribution is 2.29. The van der Waals surface area contributed by atoms with E-state index >= 15 is 0 Å². The summed E-state index contributed by atoms with van der Waals surface area (Å²) in [4.78, 5) is 23.1. The lowest BCUT2D eigenvalue weighted by molar-refractivity contribution is -0.149. The minimum atomic E-state index is -4.45. The van der Waals surface area contributed by atoms with E-state index in [1.165, 1.54) is 0 Å². The molecule has 0 fully saturated rings. The lowest BCUT2D eigenvalue weighted by Crippen LogP contribution is -2.23. The summed E-state index contributed by atoms with van der Waals surface area (Å²) < 4.78 is 47.2. The van der Waals surface area contributed by atoms with Crippen LogP contribution < -0.4 is 10.1 Å². The van der Waals surface area contributed by atoms with Gasteiger partial charge >= 0.3 is 12.1 Å². The maximum Gasteiger partial charge on any atom is 0.416 e. The number of amides is 1. The third-order valence-electron chi connectivity index (χ3n) is 2.96. The topological polar surface area (TPSA) is 64.6 Å². The smallest absolute Gasteiger partial charge is 0.416 e. The predicted octanol–water partition coefficient (Wildman–Crippen LogP) is 3.27. The largest absolute Gasteiger partial charge is 0.482 e. The SMILES string of the molecule is O=C(COC(=O)COc1ccccc1)Nc1ccc(C(F)(F)F)cc1. The van der Waals surface area contributed by atoms with Crippen molar-refractivity contribution >= 4 is 17.6 Å². The van der Waals surface area contributed by atoms with Crippen molar-refractivity contribution in [2.75, 3.05) is 18.5 Å². The zero-order valence-electron chi connectivity index (χ0n) is 12.9. The van der Waals surface area contributed by atoms with Gasteiger partial charge in [-0.15, -0.1) is 0 Å². The van der Waals surface area contributed by atoms with Crippen molar-refractivity contribution in [3.05, 3.63) is 60.2 Å². The summed E-state index contributed by atoms with van der Waals surface area (Å²) in [5.74, 6) is -0.937. The van der Waals surface area contributed by atoms with E-state index in [1.54, 1.807) is 30.3 Å². The number of rotatable bonds is 6. The normalized spacial score (nSPS) is 10.8. The van der Waals surface area contributed by atoms with Crippen molar-refractivity contribution in [3.8, 4) is 5.75 Å². The number of carbonyl (C=O) groups is 2. The molecule has 0 bridgehead atoms. The number of carbonyl (C=O) groups excluding carboxylic acids is 2. The minimum Gasteiger partial charge on any atom is -0.482 e. The average Bonchev–Trinajstić information content (AvgIpc) is 2.59. The second-order valence-electron chi connectivity index (χ2n) is 4.89. The fourth-order valence-corrected chi connectivity index (χ4v) is 1.79. The number of hydrogen-bond donors (Lipinski definition) is 1. The molecule has 0 heterocycles. The first-order chi connectivity index (χ1) is 11.8. The second-order valence-corrected chi connectivity index (χ2v) is 4.89. The molecule has 5 nitrogen and oxygen atoms in total. The zero-order chi connectivity index (χ0) is 18.3. The van der Waals surface area contributed by atoms with Crippen LogP contribution in [-0.4, -0.2) is 25.1 Å². The molecular formula is C17H14F3NO4. The quantitative estimate of drug-likeness (QED) is 0.810. The second kappa shape index (κ2) is 8.18. The number of halogens is 3. The van der Waals surface area contributed by atoms with Crippen LogP contribution in [0, 0.1) is 0 Å². The fourth-order valence-electron chi connectivity index (χ4n) is 1.79. The van der Waals surface area contributed by atoms with Gasteiger partial charge in [-0.1, -0.05) is 18.2 Å². The number of para-hydroxylation sites is 1. The molecule has 1 N–H and O–H groups in total. The van der Waals surface area contributed by atoms with Crippen LogP contribution in [0.1, 0.15) is 5.56 Å². The summed E-state index contributed by atoms with van der Waals surface area (Å²) in [6.07, 6.45) is -4.45. The molecule has 2 aromatic carbocycles. The van der Waals surface area contributed by atoms with E-state index in [4.69, 9.17) is 9.47 Å². The third-order valence-corrected chi connectivity index (χ3v) is 2.96. The van der Waals surface area contributed by atoms with Crippen LogP contribution >= 0.6 is 0 Å². The van der Waals surface area contributed by atoms with E-state index < -0.39 is 30.2 Å². The number of hydrogen-bond acceptors (Lipinski definition) is 4. The van der Waals surface area contributed by atoms with Crippen molar-refractivity contribution in [2.45, 2.75) is 6.18 Å². The minimum absolute atomic E-state index is 0.162. The molecule has 2 rings (SSSR count). The number of anilines is 1. The van der Waals surface area contributed by atoms with E-state index in [0.717, 1.165) is 24.3 Å². The van der Waals surface area contributed by atoms with Gasteiger partial charge < -0.3 is 14.8 Å². The Hall–Kier alpha value is -3.03. The highest BCUT2D eigenvalue weighted by Gasteiger charge is 2.29. The Bertz CT molecular complexity index is 715. The van der Waals surface area contributed by atoms with Crippen molar-refractivity contribution in [1.82, 2.24) is 0 Å².